The molecule has 2 aromatic carbocycles. The van der Waals surface area contributed by atoms with Gasteiger partial charge in [0.2, 0.25) is 0 Å². The molecule has 124 valence electrons. The summed E-state index contributed by atoms with van der Waals surface area (Å²) in [5.74, 6) is -0.867. The molecule has 2 N–H and O–H groups in total. The number of rotatable bonds is 4. The molecule has 0 unspecified atom stereocenters. The van der Waals surface area contributed by atoms with Gasteiger partial charge in [-0.3, -0.25) is 9.59 Å². The lowest BCUT2D eigenvalue weighted by Crippen LogP contribution is -2.32. The Morgan fingerprint density at radius 1 is 0.917 bits per heavy atom. The van der Waals surface area contributed by atoms with Crippen LogP contribution in [-0.2, 0) is 0 Å². The van der Waals surface area contributed by atoms with E-state index < -0.39 is 5.82 Å². The average Bonchev–Trinajstić information content (AvgIpc) is 3.08. The molecule has 0 bridgehead atoms. The van der Waals surface area contributed by atoms with Crippen LogP contribution in [0.15, 0.2) is 48.5 Å². The minimum absolute atomic E-state index is 0.112. The number of anilines is 1. The Morgan fingerprint density at radius 2 is 1.54 bits per heavy atom. The SMILES string of the molecule is O=C(Nc1cccc(F)c1)c1ccc(C(=O)NC2CCCC2)cc1. The fourth-order valence-corrected chi connectivity index (χ4v) is 2.88. The Balaban J connectivity index is 1.62. The molecule has 24 heavy (non-hydrogen) atoms. The van der Waals surface area contributed by atoms with Crippen LogP contribution in [0, 0.1) is 5.82 Å². The predicted molar refractivity (Wildman–Crippen MR) is 90.5 cm³/mol. The predicted octanol–water partition coefficient (Wildman–Crippen LogP) is 3.75. The molecule has 1 aliphatic rings. The molecule has 1 fully saturated rings. The van der Waals surface area contributed by atoms with Gasteiger partial charge < -0.3 is 10.6 Å². The van der Waals surface area contributed by atoms with Gasteiger partial charge in [0, 0.05) is 22.9 Å². The first-order valence-electron chi connectivity index (χ1n) is 8.10. The van der Waals surface area contributed by atoms with Crippen LogP contribution in [0.25, 0.3) is 0 Å². The number of halogens is 1. The Morgan fingerprint density at radius 3 is 2.17 bits per heavy atom. The van der Waals surface area contributed by atoms with Crippen LogP contribution in [0.2, 0.25) is 0 Å². The van der Waals surface area contributed by atoms with E-state index in [9.17, 15) is 14.0 Å². The van der Waals surface area contributed by atoms with E-state index in [0.29, 0.717) is 16.8 Å². The smallest absolute Gasteiger partial charge is 0.255 e. The van der Waals surface area contributed by atoms with Crippen LogP contribution in [-0.4, -0.2) is 17.9 Å². The number of carbonyl (C=O) groups excluding carboxylic acids is 2. The minimum atomic E-state index is -0.410. The number of nitrogens with one attached hydrogen (secondary N) is 2. The van der Waals surface area contributed by atoms with Gasteiger partial charge in [0.25, 0.3) is 11.8 Å². The molecule has 0 heterocycles. The van der Waals surface area contributed by atoms with Gasteiger partial charge in [0.05, 0.1) is 0 Å². The summed E-state index contributed by atoms with van der Waals surface area (Å²) >= 11 is 0. The highest BCUT2D eigenvalue weighted by atomic mass is 19.1. The molecular formula is C19H19FN2O2. The number of hydrogen-bond donors (Lipinski definition) is 2. The Kier molecular flexibility index (Phi) is 4.89. The van der Waals surface area contributed by atoms with Crippen molar-refractivity contribution >= 4 is 17.5 Å². The van der Waals surface area contributed by atoms with E-state index in [4.69, 9.17) is 0 Å². The lowest BCUT2D eigenvalue weighted by molar-refractivity contribution is 0.0936. The summed E-state index contributed by atoms with van der Waals surface area (Å²) in [6.07, 6.45) is 4.37. The van der Waals surface area contributed by atoms with Crippen LogP contribution in [0.1, 0.15) is 46.4 Å². The second kappa shape index (κ2) is 7.25. The van der Waals surface area contributed by atoms with Gasteiger partial charge in [-0.1, -0.05) is 18.9 Å². The van der Waals surface area contributed by atoms with E-state index in [0.717, 1.165) is 25.7 Å². The third-order valence-corrected chi connectivity index (χ3v) is 4.18. The highest BCUT2D eigenvalue weighted by Gasteiger charge is 2.18. The van der Waals surface area contributed by atoms with Crippen molar-refractivity contribution in [1.29, 1.82) is 0 Å². The third-order valence-electron chi connectivity index (χ3n) is 4.18. The first-order chi connectivity index (χ1) is 11.6. The summed E-state index contributed by atoms with van der Waals surface area (Å²) in [5.41, 5.74) is 1.34. The van der Waals surface area contributed by atoms with Crippen molar-refractivity contribution in [1.82, 2.24) is 5.32 Å². The molecule has 2 amide bonds. The first-order valence-corrected chi connectivity index (χ1v) is 8.10. The van der Waals surface area contributed by atoms with Gasteiger partial charge in [-0.15, -0.1) is 0 Å². The van der Waals surface area contributed by atoms with E-state index in [1.165, 1.54) is 18.2 Å². The van der Waals surface area contributed by atoms with E-state index >= 15 is 0 Å². The summed E-state index contributed by atoms with van der Waals surface area (Å²) in [4.78, 5) is 24.3. The summed E-state index contributed by atoms with van der Waals surface area (Å²) in [7, 11) is 0. The highest BCUT2D eigenvalue weighted by Crippen LogP contribution is 2.18. The lowest BCUT2D eigenvalue weighted by atomic mass is 10.1. The zero-order valence-electron chi connectivity index (χ0n) is 13.2. The second-order valence-electron chi connectivity index (χ2n) is 6.00. The van der Waals surface area contributed by atoms with Crippen LogP contribution < -0.4 is 10.6 Å². The standard InChI is InChI=1S/C19H19FN2O2/c20-15-4-3-7-17(12-15)22-19(24)14-10-8-13(9-11-14)18(23)21-16-5-1-2-6-16/h3-4,7-12,16H,1-2,5-6H2,(H,21,23)(H,22,24). The molecule has 0 saturated heterocycles. The summed E-state index contributed by atoms with van der Waals surface area (Å²) in [5, 5.41) is 5.64. The van der Waals surface area contributed by atoms with Crippen molar-refractivity contribution in [3.63, 3.8) is 0 Å². The van der Waals surface area contributed by atoms with Gasteiger partial charge in [0.1, 0.15) is 5.82 Å². The van der Waals surface area contributed by atoms with Crippen LogP contribution in [0.5, 0.6) is 0 Å². The zero-order chi connectivity index (χ0) is 16.9. The topological polar surface area (TPSA) is 58.2 Å². The normalized spacial score (nSPS) is 14.4. The molecule has 0 aromatic heterocycles. The molecule has 1 aliphatic carbocycles. The van der Waals surface area contributed by atoms with Crippen LogP contribution in [0.4, 0.5) is 10.1 Å². The lowest BCUT2D eigenvalue weighted by Gasteiger charge is -2.12. The van der Waals surface area contributed by atoms with Crippen molar-refractivity contribution < 1.29 is 14.0 Å². The zero-order valence-corrected chi connectivity index (χ0v) is 13.2. The quantitative estimate of drug-likeness (QED) is 0.899. The van der Waals surface area contributed by atoms with E-state index in [2.05, 4.69) is 10.6 Å². The summed E-state index contributed by atoms with van der Waals surface area (Å²) in [6, 6.07) is 12.4. The van der Waals surface area contributed by atoms with Crippen molar-refractivity contribution in [2.45, 2.75) is 31.7 Å². The van der Waals surface area contributed by atoms with Crippen molar-refractivity contribution in [3.8, 4) is 0 Å². The maximum Gasteiger partial charge on any atom is 0.255 e. The van der Waals surface area contributed by atoms with E-state index in [1.54, 1.807) is 30.3 Å². The van der Waals surface area contributed by atoms with E-state index in [1.807, 2.05) is 0 Å². The highest BCUT2D eigenvalue weighted by molar-refractivity contribution is 6.05. The molecule has 0 radical (unpaired) electrons. The molecule has 2 aromatic rings. The maximum absolute atomic E-state index is 13.1. The molecule has 0 spiro atoms. The Labute approximate surface area is 140 Å². The number of benzene rings is 2. The van der Waals surface area contributed by atoms with Gasteiger partial charge in [-0.25, -0.2) is 4.39 Å². The summed E-state index contributed by atoms with van der Waals surface area (Å²) in [6.45, 7) is 0. The third kappa shape index (κ3) is 3.98. The second-order valence-corrected chi connectivity index (χ2v) is 6.00. The number of carbonyl (C=O) groups is 2. The fraction of sp³-hybridized carbons (Fsp3) is 0.263. The largest absolute Gasteiger partial charge is 0.349 e. The van der Waals surface area contributed by atoms with Crippen molar-refractivity contribution in [3.05, 3.63) is 65.5 Å². The molecule has 0 aliphatic heterocycles. The number of amides is 2. The first kappa shape index (κ1) is 16.2. The Hall–Kier alpha value is -2.69. The van der Waals surface area contributed by atoms with Gasteiger partial charge in [-0.2, -0.15) is 0 Å². The molecular weight excluding hydrogens is 307 g/mol. The minimum Gasteiger partial charge on any atom is -0.349 e. The maximum atomic E-state index is 13.1. The molecule has 4 nitrogen and oxygen atoms in total. The van der Waals surface area contributed by atoms with Crippen LogP contribution in [0.3, 0.4) is 0 Å². The monoisotopic (exact) mass is 326 g/mol. The fourth-order valence-electron chi connectivity index (χ4n) is 2.88. The molecule has 1 saturated carbocycles. The van der Waals surface area contributed by atoms with Crippen molar-refractivity contribution in [2.75, 3.05) is 5.32 Å². The average molecular weight is 326 g/mol. The molecule has 5 heteroatoms. The summed E-state index contributed by atoms with van der Waals surface area (Å²) < 4.78 is 13.1. The van der Waals surface area contributed by atoms with Gasteiger partial charge in [-0.05, 0) is 55.3 Å². The van der Waals surface area contributed by atoms with E-state index in [-0.39, 0.29) is 17.9 Å². The van der Waals surface area contributed by atoms with Gasteiger partial charge >= 0.3 is 0 Å². The van der Waals surface area contributed by atoms with Crippen molar-refractivity contribution in [2.24, 2.45) is 0 Å². The molecule has 0 atom stereocenters. The number of hydrogen-bond acceptors (Lipinski definition) is 2. The Bertz CT molecular complexity index is 737. The van der Waals surface area contributed by atoms with Gasteiger partial charge in [0.15, 0.2) is 0 Å². The van der Waals surface area contributed by atoms with Crippen LogP contribution >= 0.6 is 0 Å². The molecule has 3 rings (SSSR count).